The molecule has 0 saturated heterocycles. The molecule has 18 heavy (non-hydrogen) atoms. The molecular weight excluding hydrogens is 220 g/mol. The van der Waals surface area contributed by atoms with E-state index >= 15 is 0 Å². The van der Waals surface area contributed by atoms with Crippen LogP contribution in [0, 0.1) is 0 Å². The summed E-state index contributed by atoms with van der Waals surface area (Å²) in [6.45, 7) is 10.4. The normalized spacial score (nSPS) is 27.0. The monoisotopic (exact) mass is 254 g/mol. The topological polar surface area (TPSA) is 15.3 Å². The molecule has 0 radical (unpaired) electrons. The molecule has 2 unspecified atom stereocenters. The van der Waals surface area contributed by atoms with Crippen LogP contribution in [0.25, 0.3) is 0 Å². The van der Waals surface area contributed by atoms with Crippen molar-refractivity contribution in [2.75, 3.05) is 13.6 Å². The summed E-state index contributed by atoms with van der Waals surface area (Å²) in [5.41, 5.74) is 0.317. The van der Waals surface area contributed by atoms with Crippen molar-refractivity contribution >= 4 is 0 Å². The number of rotatable bonds is 5. The second kappa shape index (κ2) is 7.49. The minimum Gasteiger partial charge on any atom is -0.313 e. The fourth-order valence-electron chi connectivity index (χ4n) is 3.13. The van der Waals surface area contributed by atoms with Crippen LogP contribution in [-0.4, -0.2) is 36.1 Å². The first kappa shape index (κ1) is 16.0. The fourth-order valence-corrected chi connectivity index (χ4v) is 3.13. The molecule has 1 fully saturated rings. The van der Waals surface area contributed by atoms with Crippen molar-refractivity contribution in [3.63, 3.8) is 0 Å². The van der Waals surface area contributed by atoms with E-state index in [1.165, 1.54) is 44.9 Å². The van der Waals surface area contributed by atoms with E-state index in [9.17, 15) is 0 Å². The van der Waals surface area contributed by atoms with Gasteiger partial charge < -0.3 is 5.32 Å². The minimum atomic E-state index is 0.317. The Labute approximate surface area is 115 Å². The summed E-state index contributed by atoms with van der Waals surface area (Å²) in [5, 5.41) is 3.74. The Kier molecular flexibility index (Phi) is 6.65. The molecule has 0 aromatic carbocycles. The van der Waals surface area contributed by atoms with Crippen molar-refractivity contribution in [1.29, 1.82) is 0 Å². The van der Waals surface area contributed by atoms with Crippen LogP contribution in [0.1, 0.15) is 72.6 Å². The molecule has 2 nitrogen and oxygen atoms in total. The molecular formula is C16H34N2. The summed E-state index contributed by atoms with van der Waals surface area (Å²) in [5.74, 6) is 0. The van der Waals surface area contributed by atoms with Gasteiger partial charge in [0.2, 0.25) is 0 Å². The Bertz CT molecular complexity index is 225. The van der Waals surface area contributed by atoms with Crippen molar-refractivity contribution < 1.29 is 0 Å². The third kappa shape index (κ3) is 4.24. The average molecular weight is 254 g/mol. The standard InChI is InChI=1S/C16H34N2/c1-6-16(3,4)18(5)15-13-11-9-8-10-12-14(15)17-7-2/h14-15,17H,6-13H2,1-5H3. The van der Waals surface area contributed by atoms with E-state index in [0.717, 1.165) is 6.54 Å². The van der Waals surface area contributed by atoms with Crippen LogP contribution < -0.4 is 5.32 Å². The van der Waals surface area contributed by atoms with Gasteiger partial charge in [0, 0.05) is 17.6 Å². The van der Waals surface area contributed by atoms with Crippen LogP contribution in [0.2, 0.25) is 0 Å². The minimum absolute atomic E-state index is 0.317. The lowest BCUT2D eigenvalue weighted by Gasteiger charge is -2.45. The number of hydrogen-bond acceptors (Lipinski definition) is 2. The van der Waals surface area contributed by atoms with Crippen molar-refractivity contribution in [2.24, 2.45) is 0 Å². The summed E-state index contributed by atoms with van der Waals surface area (Å²) in [4.78, 5) is 2.64. The van der Waals surface area contributed by atoms with Crippen molar-refractivity contribution in [3.8, 4) is 0 Å². The van der Waals surface area contributed by atoms with Gasteiger partial charge in [0.25, 0.3) is 0 Å². The quantitative estimate of drug-likeness (QED) is 0.802. The number of hydrogen-bond donors (Lipinski definition) is 1. The zero-order valence-electron chi connectivity index (χ0n) is 13.3. The Morgan fingerprint density at radius 1 is 1.06 bits per heavy atom. The lowest BCUT2D eigenvalue weighted by Crippen LogP contribution is -2.55. The number of likely N-dealkylation sites (N-methyl/N-ethyl adjacent to an activating group) is 2. The van der Waals surface area contributed by atoms with Gasteiger partial charge in [0.1, 0.15) is 0 Å². The van der Waals surface area contributed by atoms with E-state index in [2.05, 4.69) is 45.0 Å². The molecule has 1 aliphatic carbocycles. The Hall–Kier alpha value is -0.0800. The van der Waals surface area contributed by atoms with Crippen molar-refractivity contribution in [1.82, 2.24) is 10.2 Å². The molecule has 108 valence electrons. The van der Waals surface area contributed by atoms with Gasteiger partial charge >= 0.3 is 0 Å². The van der Waals surface area contributed by atoms with E-state index in [1.54, 1.807) is 0 Å². The van der Waals surface area contributed by atoms with E-state index in [0.29, 0.717) is 17.6 Å². The molecule has 0 aliphatic heterocycles. The molecule has 1 rings (SSSR count). The van der Waals surface area contributed by atoms with E-state index in [4.69, 9.17) is 0 Å². The molecule has 0 aromatic rings. The zero-order chi connectivity index (χ0) is 13.6. The maximum absolute atomic E-state index is 3.74. The highest BCUT2D eigenvalue weighted by atomic mass is 15.2. The van der Waals surface area contributed by atoms with Crippen molar-refractivity contribution in [3.05, 3.63) is 0 Å². The highest BCUT2D eigenvalue weighted by Gasteiger charge is 2.32. The lowest BCUT2D eigenvalue weighted by molar-refractivity contribution is 0.0617. The van der Waals surface area contributed by atoms with Gasteiger partial charge in [-0.3, -0.25) is 4.90 Å². The molecule has 2 atom stereocenters. The summed E-state index contributed by atoms with van der Waals surface area (Å²) in [7, 11) is 2.33. The summed E-state index contributed by atoms with van der Waals surface area (Å²) in [6, 6.07) is 1.39. The molecule has 0 spiro atoms. The van der Waals surface area contributed by atoms with Crippen LogP contribution in [0.5, 0.6) is 0 Å². The lowest BCUT2D eigenvalue weighted by atomic mass is 9.87. The molecule has 1 N–H and O–H groups in total. The van der Waals surface area contributed by atoms with Gasteiger partial charge in [-0.15, -0.1) is 0 Å². The predicted molar refractivity (Wildman–Crippen MR) is 81.1 cm³/mol. The van der Waals surface area contributed by atoms with Crippen LogP contribution in [0.4, 0.5) is 0 Å². The van der Waals surface area contributed by atoms with E-state index in [1.807, 2.05) is 0 Å². The molecule has 1 aliphatic rings. The Balaban J connectivity index is 2.76. The molecule has 2 heteroatoms. The van der Waals surface area contributed by atoms with Gasteiger partial charge in [-0.2, -0.15) is 0 Å². The molecule has 0 heterocycles. The van der Waals surface area contributed by atoms with Gasteiger partial charge in [-0.25, -0.2) is 0 Å². The fraction of sp³-hybridized carbons (Fsp3) is 1.00. The van der Waals surface area contributed by atoms with E-state index in [-0.39, 0.29) is 0 Å². The molecule has 0 bridgehead atoms. The second-order valence-electron chi connectivity index (χ2n) is 6.50. The highest BCUT2D eigenvalue weighted by molar-refractivity contribution is 4.91. The first-order chi connectivity index (χ1) is 8.53. The largest absolute Gasteiger partial charge is 0.313 e. The molecule has 0 aromatic heterocycles. The Morgan fingerprint density at radius 2 is 1.67 bits per heavy atom. The first-order valence-electron chi connectivity index (χ1n) is 7.99. The predicted octanol–water partition coefficient (Wildman–Crippen LogP) is 3.81. The summed E-state index contributed by atoms with van der Waals surface area (Å²) >= 11 is 0. The van der Waals surface area contributed by atoms with Crippen molar-refractivity contribution in [2.45, 2.75) is 90.3 Å². The van der Waals surface area contributed by atoms with Gasteiger partial charge in [-0.05, 0) is 46.7 Å². The van der Waals surface area contributed by atoms with Gasteiger partial charge in [-0.1, -0.05) is 39.5 Å². The highest BCUT2D eigenvalue weighted by Crippen LogP contribution is 2.27. The maximum atomic E-state index is 3.74. The number of nitrogens with one attached hydrogen (secondary N) is 1. The third-order valence-electron chi connectivity index (χ3n) is 5.01. The van der Waals surface area contributed by atoms with Crippen LogP contribution in [0.3, 0.4) is 0 Å². The van der Waals surface area contributed by atoms with Crippen LogP contribution >= 0.6 is 0 Å². The molecule has 0 amide bonds. The zero-order valence-corrected chi connectivity index (χ0v) is 13.3. The number of nitrogens with zero attached hydrogens (tertiary/aromatic N) is 1. The van der Waals surface area contributed by atoms with Gasteiger partial charge in [0.05, 0.1) is 0 Å². The average Bonchev–Trinajstić information content (AvgIpc) is 2.32. The Morgan fingerprint density at radius 3 is 2.22 bits per heavy atom. The molecule has 1 saturated carbocycles. The van der Waals surface area contributed by atoms with Gasteiger partial charge in [0.15, 0.2) is 0 Å². The second-order valence-corrected chi connectivity index (χ2v) is 6.50. The third-order valence-corrected chi connectivity index (χ3v) is 5.01. The summed E-state index contributed by atoms with van der Waals surface area (Å²) < 4.78 is 0. The van der Waals surface area contributed by atoms with E-state index < -0.39 is 0 Å². The van der Waals surface area contributed by atoms with Crippen LogP contribution in [0.15, 0.2) is 0 Å². The first-order valence-corrected chi connectivity index (χ1v) is 7.99. The SMILES string of the molecule is CCNC1CCCCCCC1N(C)C(C)(C)CC. The summed E-state index contributed by atoms with van der Waals surface area (Å²) in [6.07, 6.45) is 9.58. The maximum Gasteiger partial charge on any atom is 0.0251 e. The van der Waals surface area contributed by atoms with Crippen LogP contribution in [-0.2, 0) is 0 Å². The smallest absolute Gasteiger partial charge is 0.0251 e.